The van der Waals surface area contributed by atoms with Crippen LogP contribution in [0.1, 0.15) is 23.7 Å². The summed E-state index contributed by atoms with van der Waals surface area (Å²) in [5, 5.41) is 6.93. The summed E-state index contributed by atoms with van der Waals surface area (Å²) in [5.41, 5.74) is 0.352. The van der Waals surface area contributed by atoms with Gasteiger partial charge in [0.2, 0.25) is 0 Å². The number of imide groups is 1. The first-order valence-electron chi connectivity index (χ1n) is 10.3. The maximum atomic E-state index is 13.7. The van der Waals surface area contributed by atoms with Gasteiger partial charge in [0.15, 0.2) is 0 Å². The molecule has 0 aliphatic carbocycles. The van der Waals surface area contributed by atoms with Crippen LogP contribution in [0.4, 0.5) is 39.8 Å². The van der Waals surface area contributed by atoms with Crippen LogP contribution in [-0.4, -0.2) is 24.5 Å². The molecule has 0 saturated carbocycles. The molecule has 176 valence electrons. The summed E-state index contributed by atoms with van der Waals surface area (Å²) < 4.78 is 40.5. The first-order valence-corrected chi connectivity index (χ1v) is 10.3. The highest BCUT2D eigenvalue weighted by atomic mass is 19.1. The normalized spacial score (nSPS) is 10.4. The summed E-state index contributed by atoms with van der Waals surface area (Å²) in [4.78, 5) is 38.2. The number of hydrogen-bond donors (Lipinski definition) is 3. The van der Waals surface area contributed by atoms with Crippen LogP contribution in [0.25, 0.3) is 0 Å². The molecule has 0 atom stereocenters. The third kappa shape index (κ3) is 6.12. The van der Waals surface area contributed by atoms with E-state index in [9.17, 15) is 27.6 Å². The molecule has 0 radical (unpaired) electrons. The summed E-state index contributed by atoms with van der Waals surface area (Å²) in [5.74, 6) is -3.83. The second-order valence-electron chi connectivity index (χ2n) is 7.14. The van der Waals surface area contributed by atoms with Crippen molar-refractivity contribution in [2.24, 2.45) is 0 Å². The van der Waals surface area contributed by atoms with Gasteiger partial charge in [-0.15, -0.1) is 0 Å². The standard InChI is InChI=1S/C24H21F3N4O3/c1-2-14-31(18-12-6-15(25)7-13-18)24(34)29-17-10-8-16(9-11-17)28-23(33)30-22(32)21-19(26)4-3-5-20(21)27/h3-13H,2,14H2,1H3,(H,29,34)(H2,28,30,32,33). The highest BCUT2D eigenvalue weighted by molar-refractivity contribution is 6.08. The number of carbonyl (C=O) groups excluding carboxylic acids is 3. The predicted molar refractivity (Wildman–Crippen MR) is 122 cm³/mol. The third-order valence-corrected chi connectivity index (χ3v) is 4.64. The van der Waals surface area contributed by atoms with Crippen LogP contribution in [0.2, 0.25) is 0 Å². The molecule has 0 bridgehead atoms. The number of carbonyl (C=O) groups is 3. The number of nitrogens with zero attached hydrogens (tertiary/aromatic N) is 1. The minimum atomic E-state index is -1.23. The van der Waals surface area contributed by atoms with Gasteiger partial charge in [0, 0.05) is 23.6 Å². The SMILES string of the molecule is CCCN(C(=O)Nc1ccc(NC(=O)NC(=O)c2c(F)cccc2F)cc1)c1ccc(F)cc1. The molecule has 5 amide bonds. The van der Waals surface area contributed by atoms with Crippen molar-refractivity contribution in [2.45, 2.75) is 13.3 Å². The van der Waals surface area contributed by atoms with Gasteiger partial charge in [0.25, 0.3) is 5.91 Å². The molecule has 0 aliphatic heterocycles. The average molecular weight is 470 g/mol. The van der Waals surface area contributed by atoms with Crippen LogP contribution in [0.3, 0.4) is 0 Å². The molecule has 3 aromatic carbocycles. The first kappa shape index (κ1) is 24.3. The van der Waals surface area contributed by atoms with Crippen molar-refractivity contribution < 1.29 is 27.6 Å². The Balaban J connectivity index is 1.60. The van der Waals surface area contributed by atoms with Crippen molar-refractivity contribution in [1.82, 2.24) is 5.32 Å². The van der Waals surface area contributed by atoms with Crippen molar-refractivity contribution in [3.8, 4) is 0 Å². The molecule has 3 aromatic rings. The zero-order chi connectivity index (χ0) is 24.7. The molecule has 0 unspecified atom stereocenters. The molecule has 0 heterocycles. The second kappa shape index (κ2) is 11.0. The maximum absolute atomic E-state index is 13.7. The molecule has 0 spiro atoms. The van der Waals surface area contributed by atoms with E-state index in [-0.39, 0.29) is 5.69 Å². The number of nitrogens with one attached hydrogen (secondary N) is 3. The Kier molecular flexibility index (Phi) is 7.86. The zero-order valence-corrected chi connectivity index (χ0v) is 18.1. The van der Waals surface area contributed by atoms with Crippen molar-refractivity contribution in [1.29, 1.82) is 0 Å². The third-order valence-electron chi connectivity index (χ3n) is 4.64. The minimum Gasteiger partial charge on any atom is -0.308 e. The molecular weight excluding hydrogens is 449 g/mol. The van der Waals surface area contributed by atoms with E-state index in [1.54, 1.807) is 0 Å². The van der Waals surface area contributed by atoms with Gasteiger partial charge in [-0.3, -0.25) is 15.0 Å². The number of halogens is 3. The molecule has 7 nitrogen and oxygen atoms in total. The van der Waals surface area contributed by atoms with Crippen LogP contribution >= 0.6 is 0 Å². The van der Waals surface area contributed by atoms with Gasteiger partial charge in [-0.25, -0.2) is 22.8 Å². The Morgan fingerprint density at radius 3 is 1.91 bits per heavy atom. The number of hydrogen-bond acceptors (Lipinski definition) is 3. The van der Waals surface area contributed by atoms with Crippen molar-refractivity contribution >= 4 is 35.0 Å². The molecule has 10 heteroatoms. The van der Waals surface area contributed by atoms with E-state index in [4.69, 9.17) is 0 Å². The molecular formula is C24H21F3N4O3. The van der Waals surface area contributed by atoms with Crippen molar-refractivity contribution in [3.05, 3.63) is 89.7 Å². The molecule has 0 aliphatic rings. The Hall–Kier alpha value is -4.34. The Labute approximate surface area is 193 Å². The predicted octanol–water partition coefficient (Wildman–Crippen LogP) is 5.51. The summed E-state index contributed by atoms with van der Waals surface area (Å²) >= 11 is 0. The zero-order valence-electron chi connectivity index (χ0n) is 18.1. The lowest BCUT2D eigenvalue weighted by Crippen LogP contribution is -2.36. The number of benzene rings is 3. The summed E-state index contributed by atoms with van der Waals surface area (Å²) in [7, 11) is 0. The summed E-state index contributed by atoms with van der Waals surface area (Å²) in [6.07, 6.45) is 0.679. The molecule has 0 saturated heterocycles. The number of rotatable bonds is 6. The first-order chi connectivity index (χ1) is 16.3. The van der Waals surface area contributed by atoms with Gasteiger partial charge in [-0.1, -0.05) is 13.0 Å². The molecule has 0 fully saturated rings. The Morgan fingerprint density at radius 1 is 0.794 bits per heavy atom. The molecule has 3 N–H and O–H groups in total. The fraction of sp³-hybridized carbons (Fsp3) is 0.125. The van der Waals surface area contributed by atoms with Gasteiger partial charge in [0.1, 0.15) is 23.0 Å². The monoisotopic (exact) mass is 470 g/mol. The van der Waals surface area contributed by atoms with Crippen molar-refractivity contribution in [2.75, 3.05) is 22.1 Å². The lowest BCUT2D eigenvalue weighted by atomic mass is 10.2. The summed E-state index contributed by atoms with van der Waals surface area (Å²) in [6.45, 7) is 2.31. The van der Waals surface area contributed by atoms with E-state index in [0.717, 1.165) is 18.2 Å². The number of urea groups is 2. The van der Waals surface area contributed by atoms with Crippen LogP contribution in [0, 0.1) is 17.5 Å². The van der Waals surface area contributed by atoms with E-state index in [0.29, 0.717) is 24.3 Å². The van der Waals surface area contributed by atoms with Crippen LogP contribution in [-0.2, 0) is 0 Å². The quantitative estimate of drug-likeness (QED) is 0.444. The van der Waals surface area contributed by atoms with Gasteiger partial charge in [0.05, 0.1) is 0 Å². The van der Waals surface area contributed by atoms with E-state index < -0.39 is 41.0 Å². The average Bonchev–Trinajstić information content (AvgIpc) is 2.79. The maximum Gasteiger partial charge on any atom is 0.326 e. The second-order valence-corrected chi connectivity index (χ2v) is 7.14. The smallest absolute Gasteiger partial charge is 0.308 e. The van der Waals surface area contributed by atoms with E-state index in [1.165, 1.54) is 53.4 Å². The van der Waals surface area contributed by atoms with Crippen LogP contribution in [0.15, 0.2) is 66.7 Å². The number of amides is 5. The lowest BCUT2D eigenvalue weighted by molar-refractivity contribution is 0.0959. The van der Waals surface area contributed by atoms with Gasteiger partial charge in [-0.2, -0.15) is 0 Å². The van der Waals surface area contributed by atoms with Gasteiger partial charge in [-0.05, 0) is 67.1 Å². The minimum absolute atomic E-state index is 0.265. The van der Waals surface area contributed by atoms with Crippen molar-refractivity contribution in [3.63, 3.8) is 0 Å². The molecule has 0 aromatic heterocycles. The van der Waals surface area contributed by atoms with Gasteiger partial charge < -0.3 is 10.6 Å². The fourth-order valence-corrected chi connectivity index (χ4v) is 3.06. The van der Waals surface area contributed by atoms with E-state index >= 15 is 0 Å². The topological polar surface area (TPSA) is 90.5 Å². The number of anilines is 3. The Bertz CT molecular complexity index is 1160. The summed E-state index contributed by atoms with van der Waals surface area (Å²) in [6, 6.07) is 13.0. The van der Waals surface area contributed by atoms with E-state index in [1.807, 2.05) is 12.2 Å². The largest absolute Gasteiger partial charge is 0.326 e. The Morgan fingerprint density at radius 2 is 1.35 bits per heavy atom. The lowest BCUT2D eigenvalue weighted by Gasteiger charge is -2.22. The van der Waals surface area contributed by atoms with Crippen LogP contribution in [0.5, 0.6) is 0 Å². The highest BCUT2D eigenvalue weighted by Gasteiger charge is 2.19. The van der Waals surface area contributed by atoms with E-state index in [2.05, 4.69) is 10.6 Å². The molecule has 34 heavy (non-hydrogen) atoms. The van der Waals surface area contributed by atoms with Crippen LogP contribution < -0.4 is 20.9 Å². The molecule has 3 rings (SSSR count). The highest BCUT2D eigenvalue weighted by Crippen LogP contribution is 2.19. The van der Waals surface area contributed by atoms with Gasteiger partial charge >= 0.3 is 12.1 Å². The fourth-order valence-electron chi connectivity index (χ4n) is 3.06.